The third kappa shape index (κ3) is 7.24. The first-order valence-electron chi connectivity index (χ1n) is 5.88. The highest BCUT2D eigenvalue weighted by Crippen LogP contribution is 2.05. The van der Waals surface area contributed by atoms with Crippen molar-refractivity contribution in [2.75, 3.05) is 18.4 Å². The number of thiocarbonyl (C=S) groups is 1. The summed E-state index contributed by atoms with van der Waals surface area (Å²) in [5, 5.41) is 15.4. The van der Waals surface area contributed by atoms with Gasteiger partial charge in [0.05, 0.1) is 6.20 Å². The van der Waals surface area contributed by atoms with E-state index < -0.39 is 11.7 Å². The number of hydrogen-bond acceptors (Lipinski definition) is 4. The van der Waals surface area contributed by atoms with Gasteiger partial charge in [-0.2, -0.15) is 5.10 Å². The lowest BCUT2D eigenvalue weighted by Crippen LogP contribution is -2.39. The number of carbonyl (C=O) groups is 1. The van der Waals surface area contributed by atoms with E-state index in [1.165, 1.54) is 0 Å². The van der Waals surface area contributed by atoms with Crippen LogP contribution in [-0.4, -0.2) is 40.1 Å². The lowest BCUT2D eigenvalue weighted by molar-refractivity contribution is 0.0529. The first-order chi connectivity index (χ1) is 8.87. The van der Waals surface area contributed by atoms with Gasteiger partial charge in [0.15, 0.2) is 5.11 Å². The van der Waals surface area contributed by atoms with E-state index in [2.05, 4.69) is 26.1 Å². The number of nitrogens with zero attached hydrogens (tertiary/aromatic N) is 1. The molecule has 1 aromatic rings. The summed E-state index contributed by atoms with van der Waals surface area (Å²) >= 11 is 5.05. The molecule has 1 aromatic heterocycles. The molecular formula is C11H19N5O2S. The van der Waals surface area contributed by atoms with Crippen LogP contribution >= 0.6 is 12.2 Å². The van der Waals surface area contributed by atoms with Crippen molar-refractivity contribution in [1.82, 2.24) is 20.8 Å². The Labute approximate surface area is 117 Å². The molecule has 0 radical (unpaired) electrons. The van der Waals surface area contributed by atoms with E-state index in [1.54, 1.807) is 12.3 Å². The lowest BCUT2D eigenvalue weighted by atomic mass is 10.2. The van der Waals surface area contributed by atoms with Crippen molar-refractivity contribution >= 4 is 29.2 Å². The number of aromatic nitrogens is 2. The van der Waals surface area contributed by atoms with Gasteiger partial charge in [-0.25, -0.2) is 4.79 Å². The SMILES string of the molecule is CC(C)(C)OC(=O)NCCNC(=S)Nc1ccn[nH]1. The summed E-state index contributed by atoms with van der Waals surface area (Å²) < 4.78 is 5.09. The molecule has 0 bridgehead atoms. The number of ether oxygens (including phenoxy) is 1. The van der Waals surface area contributed by atoms with Crippen LogP contribution in [0.2, 0.25) is 0 Å². The van der Waals surface area contributed by atoms with Crippen molar-refractivity contribution in [3.8, 4) is 0 Å². The van der Waals surface area contributed by atoms with Gasteiger partial charge >= 0.3 is 6.09 Å². The van der Waals surface area contributed by atoms with Crippen molar-refractivity contribution in [3.05, 3.63) is 12.3 Å². The number of H-pyrrole nitrogens is 1. The van der Waals surface area contributed by atoms with Crippen molar-refractivity contribution in [1.29, 1.82) is 0 Å². The molecule has 19 heavy (non-hydrogen) atoms. The van der Waals surface area contributed by atoms with Crippen molar-refractivity contribution in [2.24, 2.45) is 0 Å². The molecular weight excluding hydrogens is 266 g/mol. The fraction of sp³-hybridized carbons (Fsp3) is 0.545. The van der Waals surface area contributed by atoms with Crippen LogP contribution in [0.4, 0.5) is 10.6 Å². The van der Waals surface area contributed by atoms with E-state index >= 15 is 0 Å². The third-order valence-corrected chi connectivity index (χ3v) is 2.07. The summed E-state index contributed by atoms with van der Waals surface area (Å²) in [6.45, 7) is 6.36. The summed E-state index contributed by atoms with van der Waals surface area (Å²) in [5.74, 6) is 0.706. The Morgan fingerprint density at radius 3 is 2.68 bits per heavy atom. The number of rotatable bonds is 4. The highest BCUT2D eigenvalue weighted by atomic mass is 32.1. The molecule has 7 nitrogen and oxygen atoms in total. The monoisotopic (exact) mass is 285 g/mol. The fourth-order valence-electron chi connectivity index (χ4n) is 1.15. The third-order valence-electron chi connectivity index (χ3n) is 1.83. The van der Waals surface area contributed by atoms with Gasteiger partial charge in [-0.05, 0) is 33.0 Å². The molecule has 0 fully saturated rings. The maximum Gasteiger partial charge on any atom is 0.407 e. The van der Waals surface area contributed by atoms with Crippen LogP contribution < -0.4 is 16.0 Å². The molecule has 0 atom stereocenters. The van der Waals surface area contributed by atoms with Crippen LogP contribution in [0.15, 0.2) is 12.3 Å². The zero-order chi connectivity index (χ0) is 14.3. The Morgan fingerprint density at radius 1 is 1.42 bits per heavy atom. The summed E-state index contributed by atoms with van der Waals surface area (Å²) in [7, 11) is 0. The number of anilines is 1. The number of amides is 1. The average Bonchev–Trinajstić information content (AvgIpc) is 2.74. The van der Waals surface area contributed by atoms with E-state index in [4.69, 9.17) is 17.0 Å². The van der Waals surface area contributed by atoms with Crippen LogP contribution in [0.25, 0.3) is 0 Å². The zero-order valence-electron chi connectivity index (χ0n) is 11.2. The Kier molecular flexibility index (Phi) is 5.56. The lowest BCUT2D eigenvalue weighted by Gasteiger charge is -2.19. The zero-order valence-corrected chi connectivity index (χ0v) is 12.1. The van der Waals surface area contributed by atoms with Crippen LogP contribution in [-0.2, 0) is 4.74 Å². The number of hydrogen-bond donors (Lipinski definition) is 4. The predicted molar refractivity (Wildman–Crippen MR) is 77.0 cm³/mol. The van der Waals surface area contributed by atoms with Crippen molar-refractivity contribution in [3.63, 3.8) is 0 Å². The Hall–Kier alpha value is -1.83. The summed E-state index contributed by atoms with van der Waals surface area (Å²) in [6, 6.07) is 1.76. The molecule has 0 aromatic carbocycles. The largest absolute Gasteiger partial charge is 0.444 e. The van der Waals surface area contributed by atoms with Gasteiger partial charge in [0.2, 0.25) is 0 Å². The number of nitrogens with one attached hydrogen (secondary N) is 4. The number of carbonyl (C=O) groups excluding carboxylic acids is 1. The quantitative estimate of drug-likeness (QED) is 0.491. The Balaban J connectivity index is 2.10. The Morgan fingerprint density at radius 2 is 2.11 bits per heavy atom. The van der Waals surface area contributed by atoms with E-state index in [1.807, 2.05) is 20.8 Å². The summed E-state index contributed by atoms with van der Waals surface area (Å²) in [4.78, 5) is 11.3. The second kappa shape index (κ2) is 6.93. The first-order valence-corrected chi connectivity index (χ1v) is 6.29. The van der Waals surface area contributed by atoms with Crippen LogP contribution in [0.3, 0.4) is 0 Å². The fourth-order valence-corrected chi connectivity index (χ4v) is 1.36. The van der Waals surface area contributed by atoms with Crippen molar-refractivity contribution in [2.45, 2.75) is 26.4 Å². The second-order valence-electron chi connectivity index (χ2n) is 4.78. The van der Waals surface area contributed by atoms with Gasteiger partial charge in [0.25, 0.3) is 0 Å². The minimum absolute atomic E-state index is 0.416. The van der Waals surface area contributed by atoms with E-state index in [-0.39, 0.29) is 0 Å². The average molecular weight is 285 g/mol. The molecule has 0 aliphatic heterocycles. The normalized spacial score (nSPS) is 10.7. The van der Waals surface area contributed by atoms with Gasteiger partial charge in [-0.3, -0.25) is 5.10 Å². The molecule has 0 unspecified atom stereocenters. The predicted octanol–water partition coefficient (Wildman–Crippen LogP) is 1.22. The minimum atomic E-state index is -0.491. The summed E-state index contributed by atoms with van der Waals surface area (Å²) in [6.07, 6.45) is 1.18. The summed E-state index contributed by atoms with van der Waals surface area (Å²) in [5.41, 5.74) is -0.491. The Bertz CT molecular complexity index is 413. The smallest absolute Gasteiger partial charge is 0.407 e. The molecule has 0 aliphatic carbocycles. The topological polar surface area (TPSA) is 91.1 Å². The van der Waals surface area contributed by atoms with E-state index in [0.717, 1.165) is 0 Å². The maximum absolute atomic E-state index is 11.3. The standard InChI is InChI=1S/C11H19N5O2S/c1-11(2,3)18-10(17)13-7-6-12-9(19)15-8-4-5-14-16-8/h4-5H,6-7H2,1-3H3,(H,13,17)(H3,12,14,15,16,19). The highest BCUT2D eigenvalue weighted by molar-refractivity contribution is 7.80. The highest BCUT2D eigenvalue weighted by Gasteiger charge is 2.15. The molecule has 4 N–H and O–H groups in total. The molecule has 1 rings (SSSR count). The van der Waals surface area contributed by atoms with E-state index in [0.29, 0.717) is 24.0 Å². The maximum atomic E-state index is 11.3. The molecule has 0 saturated heterocycles. The molecule has 1 heterocycles. The van der Waals surface area contributed by atoms with Gasteiger partial charge in [-0.1, -0.05) is 0 Å². The van der Waals surface area contributed by atoms with Crippen LogP contribution in [0.1, 0.15) is 20.8 Å². The van der Waals surface area contributed by atoms with Crippen molar-refractivity contribution < 1.29 is 9.53 Å². The van der Waals surface area contributed by atoms with Crippen LogP contribution in [0.5, 0.6) is 0 Å². The van der Waals surface area contributed by atoms with Gasteiger partial charge < -0.3 is 20.7 Å². The van der Waals surface area contributed by atoms with E-state index in [9.17, 15) is 4.79 Å². The van der Waals surface area contributed by atoms with Crippen LogP contribution in [0, 0.1) is 0 Å². The molecule has 106 valence electrons. The van der Waals surface area contributed by atoms with Gasteiger partial charge in [-0.15, -0.1) is 0 Å². The first kappa shape index (κ1) is 15.2. The minimum Gasteiger partial charge on any atom is -0.444 e. The molecule has 0 aliphatic rings. The molecule has 0 saturated carbocycles. The number of aromatic amines is 1. The van der Waals surface area contributed by atoms with Gasteiger partial charge in [0, 0.05) is 19.2 Å². The second-order valence-corrected chi connectivity index (χ2v) is 5.19. The molecule has 8 heteroatoms. The molecule has 0 spiro atoms. The van der Waals surface area contributed by atoms with Gasteiger partial charge in [0.1, 0.15) is 11.4 Å². The number of alkyl carbamates (subject to hydrolysis) is 1. The molecule has 1 amide bonds.